The van der Waals surface area contributed by atoms with E-state index < -0.39 is 5.91 Å². The summed E-state index contributed by atoms with van der Waals surface area (Å²) in [5.74, 6) is -0.595. The van der Waals surface area contributed by atoms with Gasteiger partial charge in [0.2, 0.25) is 0 Å². The maximum absolute atomic E-state index is 11.7. The third kappa shape index (κ3) is 3.96. The first-order valence-corrected chi connectivity index (χ1v) is 6.73. The van der Waals surface area contributed by atoms with E-state index in [-0.39, 0.29) is 11.8 Å². The molecule has 1 heterocycles. The Labute approximate surface area is 130 Å². The Hall–Kier alpha value is -2.05. The molecule has 2 rings (SSSR count). The Morgan fingerprint density at radius 3 is 2.86 bits per heavy atom. The molecular weight excluding hydrogens is 317 g/mol. The SMILES string of the molecule is CCOc1cnc(C(=O)NN=Cc2c(Cl)cccc2Cl)o1. The normalized spacial score (nSPS) is 10.8. The van der Waals surface area contributed by atoms with Crippen LogP contribution in [-0.4, -0.2) is 23.7 Å². The van der Waals surface area contributed by atoms with E-state index in [1.54, 1.807) is 25.1 Å². The molecule has 0 radical (unpaired) electrons. The number of carbonyl (C=O) groups is 1. The summed E-state index contributed by atoms with van der Waals surface area (Å²) in [4.78, 5) is 15.5. The van der Waals surface area contributed by atoms with E-state index in [0.717, 1.165) is 0 Å². The zero-order valence-corrected chi connectivity index (χ0v) is 12.5. The molecule has 0 bridgehead atoms. The molecule has 0 aliphatic carbocycles. The fourth-order valence-corrected chi connectivity index (χ4v) is 1.91. The summed E-state index contributed by atoms with van der Waals surface area (Å²) >= 11 is 11.9. The van der Waals surface area contributed by atoms with Crippen molar-refractivity contribution in [2.24, 2.45) is 5.10 Å². The van der Waals surface area contributed by atoms with Gasteiger partial charge in [0.15, 0.2) is 0 Å². The van der Waals surface area contributed by atoms with Gasteiger partial charge in [-0.05, 0) is 19.1 Å². The van der Waals surface area contributed by atoms with Crippen LogP contribution in [0.4, 0.5) is 0 Å². The van der Waals surface area contributed by atoms with Crippen LogP contribution in [-0.2, 0) is 0 Å². The number of oxazole rings is 1. The van der Waals surface area contributed by atoms with Crippen molar-refractivity contribution in [3.8, 4) is 5.95 Å². The van der Waals surface area contributed by atoms with Crippen molar-refractivity contribution in [1.29, 1.82) is 0 Å². The van der Waals surface area contributed by atoms with Crippen LogP contribution in [0.3, 0.4) is 0 Å². The summed E-state index contributed by atoms with van der Waals surface area (Å²) in [6.45, 7) is 2.21. The lowest BCUT2D eigenvalue weighted by Crippen LogP contribution is -2.17. The lowest BCUT2D eigenvalue weighted by Gasteiger charge is -2.00. The second-order valence-corrected chi connectivity index (χ2v) is 4.57. The van der Waals surface area contributed by atoms with E-state index in [1.807, 2.05) is 0 Å². The number of halogens is 2. The Morgan fingerprint density at radius 1 is 1.48 bits per heavy atom. The number of aromatic nitrogens is 1. The van der Waals surface area contributed by atoms with Crippen LogP contribution in [0.1, 0.15) is 23.2 Å². The number of hydrazone groups is 1. The molecular formula is C13H11Cl2N3O3. The van der Waals surface area contributed by atoms with Gasteiger partial charge in [-0.1, -0.05) is 29.3 Å². The van der Waals surface area contributed by atoms with E-state index >= 15 is 0 Å². The van der Waals surface area contributed by atoms with Crippen molar-refractivity contribution in [2.75, 3.05) is 6.61 Å². The Kier molecular flexibility index (Phi) is 5.19. The summed E-state index contributed by atoms with van der Waals surface area (Å²) in [6.07, 6.45) is 2.65. The maximum Gasteiger partial charge on any atom is 0.327 e. The molecule has 0 saturated carbocycles. The number of benzene rings is 1. The molecule has 8 heteroatoms. The van der Waals surface area contributed by atoms with Gasteiger partial charge >= 0.3 is 11.9 Å². The van der Waals surface area contributed by atoms with E-state index in [4.69, 9.17) is 32.4 Å². The molecule has 1 N–H and O–H groups in total. The molecule has 0 fully saturated rings. The minimum absolute atomic E-state index is 0.152. The third-order valence-electron chi connectivity index (χ3n) is 2.32. The van der Waals surface area contributed by atoms with Gasteiger partial charge in [-0.15, -0.1) is 0 Å². The van der Waals surface area contributed by atoms with Crippen LogP contribution in [0.2, 0.25) is 10.0 Å². The van der Waals surface area contributed by atoms with Crippen molar-refractivity contribution in [2.45, 2.75) is 6.92 Å². The largest absolute Gasteiger partial charge is 0.464 e. The van der Waals surface area contributed by atoms with Gasteiger partial charge in [0, 0.05) is 5.56 Å². The summed E-state index contributed by atoms with van der Waals surface area (Å²) in [5, 5.41) is 4.61. The molecule has 0 unspecified atom stereocenters. The van der Waals surface area contributed by atoms with Gasteiger partial charge in [0.05, 0.1) is 22.9 Å². The minimum atomic E-state index is -0.611. The number of carbonyl (C=O) groups excluding carboxylic acids is 1. The van der Waals surface area contributed by atoms with Crippen LogP contribution >= 0.6 is 23.2 Å². The molecule has 0 aliphatic heterocycles. The predicted molar refractivity (Wildman–Crippen MR) is 79.2 cm³/mol. The number of hydrogen-bond acceptors (Lipinski definition) is 5. The average molecular weight is 328 g/mol. The van der Waals surface area contributed by atoms with Crippen molar-refractivity contribution in [1.82, 2.24) is 10.4 Å². The number of rotatable bonds is 5. The first-order chi connectivity index (χ1) is 10.1. The number of ether oxygens (including phenoxy) is 1. The smallest absolute Gasteiger partial charge is 0.327 e. The zero-order chi connectivity index (χ0) is 15.2. The predicted octanol–water partition coefficient (Wildman–Crippen LogP) is 3.14. The Balaban J connectivity index is 2.01. The van der Waals surface area contributed by atoms with Crippen molar-refractivity contribution in [3.63, 3.8) is 0 Å². The molecule has 6 nitrogen and oxygen atoms in total. The second-order valence-electron chi connectivity index (χ2n) is 3.75. The van der Waals surface area contributed by atoms with Gasteiger partial charge in [-0.2, -0.15) is 5.10 Å². The quantitative estimate of drug-likeness (QED) is 0.676. The minimum Gasteiger partial charge on any atom is -0.464 e. The maximum atomic E-state index is 11.7. The summed E-state index contributed by atoms with van der Waals surface area (Å²) in [5.41, 5.74) is 2.76. The molecule has 0 saturated heterocycles. The van der Waals surface area contributed by atoms with Crippen LogP contribution in [0.15, 0.2) is 33.9 Å². The van der Waals surface area contributed by atoms with E-state index in [0.29, 0.717) is 22.2 Å². The first kappa shape index (κ1) is 15.3. The van der Waals surface area contributed by atoms with Gasteiger partial charge < -0.3 is 9.15 Å². The lowest BCUT2D eigenvalue weighted by atomic mass is 10.2. The fraction of sp³-hybridized carbons (Fsp3) is 0.154. The monoisotopic (exact) mass is 327 g/mol. The molecule has 2 aromatic rings. The zero-order valence-electron chi connectivity index (χ0n) is 11.0. The van der Waals surface area contributed by atoms with Crippen LogP contribution in [0, 0.1) is 0 Å². The van der Waals surface area contributed by atoms with Crippen molar-refractivity contribution < 1.29 is 13.9 Å². The number of nitrogens with zero attached hydrogens (tertiary/aromatic N) is 2. The second kappa shape index (κ2) is 7.10. The third-order valence-corrected chi connectivity index (χ3v) is 2.98. The van der Waals surface area contributed by atoms with Gasteiger partial charge in [-0.3, -0.25) is 4.79 Å². The molecule has 110 valence electrons. The molecule has 21 heavy (non-hydrogen) atoms. The van der Waals surface area contributed by atoms with Crippen LogP contribution < -0.4 is 10.2 Å². The fourth-order valence-electron chi connectivity index (χ4n) is 1.41. The first-order valence-electron chi connectivity index (χ1n) is 5.98. The van der Waals surface area contributed by atoms with Gasteiger partial charge in [0.1, 0.15) is 6.20 Å². The molecule has 0 atom stereocenters. The van der Waals surface area contributed by atoms with Gasteiger partial charge in [0.25, 0.3) is 5.89 Å². The van der Waals surface area contributed by atoms with E-state index in [1.165, 1.54) is 12.4 Å². The molecule has 1 aromatic heterocycles. The molecule has 0 aliphatic rings. The molecule has 0 spiro atoms. The summed E-state index contributed by atoms with van der Waals surface area (Å²) < 4.78 is 10.1. The van der Waals surface area contributed by atoms with Crippen LogP contribution in [0.5, 0.6) is 5.95 Å². The van der Waals surface area contributed by atoms with Crippen LogP contribution in [0.25, 0.3) is 0 Å². The highest BCUT2D eigenvalue weighted by Crippen LogP contribution is 2.22. The highest BCUT2D eigenvalue weighted by molar-refractivity contribution is 6.38. The van der Waals surface area contributed by atoms with E-state index in [9.17, 15) is 4.79 Å². The molecule has 1 amide bonds. The van der Waals surface area contributed by atoms with Gasteiger partial charge in [-0.25, -0.2) is 10.4 Å². The summed E-state index contributed by atoms with van der Waals surface area (Å²) in [7, 11) is 0. The van der Waals surface area contributed by atoms with E-state index in [2.05, 4.69) is 15.5 Å². The standard InChI is InChI=1S/C13H11Cl2N3O3/c1-2-20-11-7-16-13(21-11)12(19)18-17-6-8-9(14)4-3-5-10(8)15/h3-7H,2H2,1H3,(H,18,19). The number of amides is 1. The average Bonchev–Trinajstić information content (AvgIpc) is 2.91. The van der Waals surface area contributed by atoms with Crippen molar-refractivity contribution in [3.05, 3.63) is 45.9 Å². The number of nitrogens with one attached hydrogen (secondary N) is 1. The molecule has 1 aromatic carbocycles. The number of hydrogen-bond donors (Lipinski definition) is 1. The Bertz CT molecular complexity index is 650. The Morgan fingerprint density at radius 2 is 2.19 bits per heavy atom. The topological polar surface area (TPSA) is 76.7 Å². The highest BCUT2D eigenvalue weighted by atomic mass is 35.5. The summed E-state index contributed by atoms with van der Waals surface area (Å²) in [6, 6.07) is 5.04. The van der Waals surface area contributed by atoms with Crippen molar-refractivity contribution >= 4 is 35.3 Å². The highest BCUT2D eigenvalue weighted by Gasteiger charge is 2.13. The lowest BCUT2D eigenvalue weighted by molar-refractivity contribution is 0.0912.